The molecule has 1 rings (SSSR count). The van der Waals surface area contributed by atoms with Crippen LogP contribution in [0.3, 0.4) is 0 Å². The zero-order chi connectivity index (χ0) is 9.19. The van der Waals surface area contributed by atoms with Gasteiger partial charge in [-0.05, 0) is 12.1 Å². The fraction of sp³-hybridized carbons (Fsp3) is 0.143. The monoisotopic (exact) mass is 192 g/mol. The SMILES string of the molecule is [CH2]Sc1cccc(C(F)(F)F)n1. The van der Waals surface area contributed by atoms with Crippen molar-refractivity contribution in [1.29, 1.82) is 0 Å². The number of hydrogen-bond donors (Lipinski definition) is 0. The number of alkyl halides is 3. The predicted molar refractivity (Wildman–Crippen MR) is 40.5 cm³/mol. The summed E-state index contributed by atoms with van der Waals surface area (Å²) in [7, 11) is 0. The first-order valence-electron chi connectivity index (χ1n) is 3.00. The summed E-state index contributed by atoms with van der Waals surface area (Å²) in [5, 5.41) is 0.268. The van der Waals surface area contributed by atoms with E-state index >= 15 is 0 Å². The zero-order valence-electron chi connectivity index (χ0n) is 5.93. The van der Waals surface area contributed by atoms with E-state index in [-0.39, 0.29) is 5.03 Å². The van der Waals surface area contributed by atoms with Crippen LogP contribution in [0.2, 0.25) is 0 Å². The molecule has 0 saturated carbocycles. The molecule has 0 aliphatic rings. The van der Waals surface area contributed by atoms with Crippen molar-refractivity contribution in [2.45, 2.75) is 11.2 Å². The molecule has 0 saturated heterocycles. The maximum atomic E-state index is 12.0. The molecule has 65 valence electrons. The van der Waals surface area contributed by atoms with Gasteiger partial charge in [0, 0.05) is 6.26 Å². The molecule has 0 unspecified atom stereocenters. The van der Waals surface area contributed by atoms with Crippen LogP contribution in [0.15, 0.2) is 23.2 Å². The van der Waals surface area contributed by atoms with Gasteiger partial charge in [0.25, 0.3) is 0 Å². The second-order valence-electron chi connectivity index (χ2n) is 2.00. The van der Waals surface area contributed by atoms with Gasteiger partial charge in [-0.2, -0.15) is 13.2 Å². The molecule has 0 aliphatic heterocycles. The summed E-state index contributed by atoms with van der Waals surface area (Å²) >= 11 is 0.938. The fourth-order valence-corrected chi connectivity index (χ4v) is 0.991. The summed E-state index contributed by atoms with van der Waals surface area (Å²) in [5.74, 6) is 0. The molecule has 0 atom stereocenters. The van der Waals surface area contributed by atoms with Crippen LogP contribution in [-0.2, 0) is 6.18 Å². The molecule has 0 amide bonds. The van der Waals surface area contributed by atoms with Gasteiger partial charge in [-0.1, -0.05) is 6.07 Å². The molecule has 0 fully saturated rings. The second kappa shape index (κ2) is 3.35. The van der Waals surface area contributed by atoms with Crippen molar-refractivity contribution in [2.75, 3.05) is 0 Å². The highest BCUT2D eigenvalue weighted by molar-refractivity contribution is 8.00. The van der Waals surface area contributed by atoms with Crippen molar-refractivity contribution in [1.82, 2.24) is 4.98 Å². The highest BCUT2D eigenvalue weighted by Gasteiger charge is 2.32. The van der Waals surface area contributed by atoms with E-state index in [0.29, 0.717) is 0 Å². The maximum Gasteiger partial charge on any atom is 0.433 e. The van der Waals surface area contributed by atoms with Gasteiger partial charge in [0.15, 0.2) is 0 Å². The number of aromatic nitrogens is 1. The number of nitrogens with zero attached hydrogens (tertiary/aromatic N) is 1. The summed E-state index contributed by atoms with van der Waals surface area (Å²) in [5.41, 5.74) is -0.879. The van der Waals surface area contributed by atoms with Crippen LogP contribution in [0.4, 0.5) is 13.2 Å². The number of halogens is 3. The smallest absolute Gasteiger partial charge is 0.237 e. The summed E-state index contributed by atoms with van der Waals surface area (Å²) in [6, 6.07) is 3.72. The van der Waals surface area contributed by atoms with Crippen LogP contribution in [0.1, 0.15) is 5.69 Å². The van der Waals surface area contributed by atoms with E-state index in [2.05, 4.69) is 11.2 Å². The topological polar surface area (TPSA) is 12.9 Å². The third-order valence-electron chi connectivity index (χ3n) is 1.16. The molecular formula is C7H5F3NS. The van der Waals surface area contributed by atoms with Gasteiger partial charge in [-0.3, -0.25) is 0 Å². The van der Waals surface area contributed by atoms with Crippen LogP contribution in [0, 0.1) is 6.26 Å². The normalized spacial score (nSPS) is 11.7. The molecule has 1 aromatic heterocycles. The molecule has 1 radical (unpaired) electrons. The average Bonchev–Trinajstić information content (AvgIpc) is 2.03. The molecule has 0 bridgehead atoms. The van der Waals surface area contributed by atoms with Gasteiger partial charge >= 0.3 is 6.18 Å². The van der Waals surface area contributed by atoms with Gasteiger partial charge in [0.2, 0.25) is 0 Å². The number of rotatable bonds is 1. The number of pyridine rings is 1. The molecule has 1 nitrogen and oxygen atoms in total. The van der Waals surface area contributed by atoms with Gasteiger partial charge in [-0.15, -0.1) is 11.8 Å². The Labute approximate surface area is 72.0 Å². The van der Waals surface area contributed by atoms with Crippen LogP contribution >= 0.6 is 11.8 Å². The molecule has 0 spiro atoms. The number of hydrogen-bond acceptors (Lipinski definition) is 2. The summed E-state index contributed by atoms with van der Waals surface area (Å²) in [6.07, 6.45) is -1.00. The van der Waals surface area contributed by atoms with Crippen LogP contribution < -0.4 is 0 Å². The quantitative estimate of drug-likeness (QED) is 0.634. The van der Waals surface area contributed by atoms with E-state index in [4.69, 9.17) is 0 Å². The lowest BCUT2D eigenvalue weighted by molar-refractivity contribution is -0.141. The second-order valence-corrected chi connectivity index (χ2v) is 2.71. The average molecular weight is 192 g/mol. The molecule has 0 N–H and O–H groups in total. The van der Waals surface area contributed by atoms with E-state index in [1.807, 2.05) is 0 Å². The van der Waals surface area contributed by atoms with E-state index in [9.17, 15) is 13.2 Å². The van der Waals surface area contributed by atoms with E-state index in [0.717, 1.165) is 17.8 Å². The fourth-order valence-electron chi connectivity index (χ4n) is 0.653. The Morgan fingerprint density at radius 1 is 1.33 bits per heavy atom. The van der Waals surface area contributed by atoms with Gasteiger partial charge in [-0.25, -0.2) is 4.98 Å². The van der Waals surface area contributed by atoms with E-state index in [1.165, 1.54) is 12.1 Å². The minimum atomic E-state index is -4.37. The lowest BCUT2D eigenvalue weighted by Gasteiger charge is -2.05. The van der Waals surface area contributed by atoms with Crippen molar-refractivity contribution < 1.29 is 13.2 Å². The Balaban J connectivity index is 3.02. The molecule has 12 heavy (non-hydrogen) atoms. The zero-order valence-corrected chi connectivity index (χ0v) is 6.75. The Kier molecular flexibility index (Phi) is 2.62. The highest BCUT2D eigenvalue weighted by atomic mass is 32.2. The van der Waals surface area contributed by atoms with Crippen LogP contribution in [0.25, 0.3) is 0 Å². The van der Waals surface area contributed by atoms with Crippen molar-refractivity contribution in [3.05, 3.63) is 30.1 Å². The van der Waals surface area contributed by atoms with Crippen molar-refractivity contribution >= 4 is 11.8 Å². The first-order valence-corrected chi connectivity index (χ1v) is 3.99. The Morgan fingerprint density at radius 3 is 2.50 bits per heavy atom. The largest absolute Gasteiger partial charge is 0.433 e. The summed E-state index contributed by atoms with van der Waals surface area (Å²) in [4.78, 5) is 3.34. The lowest BCUT2D eigenvalue weighted by atomic mass is 10.3. The standard InChI is InChI=1S/C7H5F3NS/c1-12-6-4-2-3-5(11-6)7(8,9)10/h2-4H,1H2. The highest BCUT2D eigenvalue weighted by Crippen LogP contribution is 2.28. The van der Waals surface area contributed by atoms with Crippen molar-refractivity contribution in [2.24, 2.45) is 0 Å². The third-order valence-corrected chi connectivity index (χ3v) is 1.68. The maximum absolute atomic E-state index is 12.0. The molecule has 1 aromatic rings. The van der Waals surface area contributed by atoms with Crippen LogP contribution in [-0.4, -0.2) is 4.98 Å². The van der Waals surface area contributed by atoms with Crippen molar-refractivity contribution in [3.63, 3.8) is 0 Å². The molecule has 0 aromatic carbocycles. The van der Waals surface area contributed by atoms with E-state index in [1.54, 1.807) is 0 Å². The summed E-state index contributed by atoms with van der Waals surface area (Å²) in [6.45, 7) is 0. The van der Waals surface area contributed by atoms with Gasteiger partial charge < -0.3 is 0 Å². The molecule has 5 heteroatoms. The minimum Gasteiger partial charge on any atom is -0.237 e. The Bertz CT molecular complexity index is 272. The predicted octanol–water partition coefficient (Wildman–Crippen LogP) is 2.98. The summed E-state index contributed by atoms with van der Waals surface area (Å²) < 4.78 is 36.0. The minimum absolute atomic E-state index is 0.268. The van der Waals surface area contributed by atoms with Crippen LogP contribution in [0.5, 0.6) is 0 Å². The third kappa shape index (κ3) is 2.14. The Hall–Kier alpha value is -0.710. The van der Waals surface area contributed by atoms with E-state index < -0.39 is 11.9 Å². The lowest BCUT2D eigenvalue weighted by Crippen LogP contribution is -2.07. The van der Waals surface area contributed by atoms with Crippen molar-refractivity contribution in [3.8, 4) is 0 Å². The van der Waals surface area contributed by atoms with Gasteiger partial charge in [0.05, 0.1) is 5.03 Å². The first kappa shape index (κ1) is 9.38. The molecule has 0 aliphatic carbocycles. The molecule has 1 heterocycles. The first-order chi connectivity index (χ1) is 5.54. The van der Waals surface area contributed by atoms with Gasteiger partial charge in [0.1, 0.15) is 5.69 Å². The number of thioether (sulfide) groups is 1. The Morgan fingerprint density at radius 2 is 2.00 bits per heavy atom. The molecular weight excluding hydrogens is 187 g/mol.